The maximum Gasteiger partial charge on any atom is 0.416 e. The maximum absolute atomic E-state index is 12.9. The number of rotatable bonds is 4. The van der Waals surface area contributed by atoms with Crippen LogP contribution in [0.1, 0.15) is 29.7 Å². The topological polar surface area (TPSA) is 64.3 Å². The van der Waals surface area contributed by atoms with Crippen LogP contribution in [0.2, 0.25) is 0 Å². The molecule has 1 atom stereocenters. The summed E-state index contributed by atoms with van der Waals surface area (Å²) in [4.78, 5) is 11.8. The van der Waals surface area contributed by atoms with Gasteiger partial charge < -0.3 is 10.5 Å². The highest BCUT2D eigenvalue weighted by Gasteiger charge is 2.31. The van der Waals surface area contributed by atoms with E-state index in [9.17, 15) is 18.0 Å². The fourth-order valence-corrected chi connectivity index (χ4v) is 2.03. The Morgan fingerprint density at radius 3 is 2.46 bits per heavy atom. The Hall–Kier alpha value is -2.54. The van der Waals surface area contributed by atoms with Gasteiger partial charge in [0.05, 0.1) is 5.56 Å². The fourth-order valence-electron chi connectivity index (χ4n) is 2.03. The first kappa shape index (κ1) is 17.8. The van der Waals surface area contributed by atoms with E-state index in [-0.39, 0.29) is 17.9 Å². The number of nitrogens with one attached hydrogen (secondary N) is 1. The predicted octanol–water partition coefficient (Wildman–Crippen LogP) is 4.47. The molecule has 24 heavy (non-hydrogen) atoms. The van der Waals surface area contributed by atoms with Gasteiger partial charge in [-0.25, -0.2) is 4.79 Å². The van der Waals surface area contributed by atoms with Crippen molar-refractivity contribution in [3.63, 3.8) is 0 Å². The average Bonchev–Trinajstić information content (AvgIpc) is 2.53. The van der Waals surface area contributed by atoms with Crippen molar-refractivity contribution in [3.05, 3.63) is 65.2 Å². The number of amides is 1. The summed E-state index contributed by atoms with van der Waals surface area (Å²) in [6, 6.07) is 11.5. The quantitative estimate of drug-likeness (QED) is 0.864. The molecule has 0 aliphatic rings. The lowest BCUT2D eigenvalue weighted by molar-refractivity contribution is -0.137. The van der Waals surface area contributed by atoms with E-state index in [0.29, 0.717) is 0 Å². The molecule has 0 radical (unpaired) electrons. The molecule has 0 aliphatic heterocycles. The van der Waals surface area contributed by atoms with Crippen molar-refractivity contribution in [1.29, 1.82) is 0 Å². The number of carbonyl (C=O) groups excluding carboxylic acids is 1. The lowest BCUT2D eigenvalue weighted by Gasteiger charge is -2.15. The highest BCUT2D eigenvalue weighted by atomic mass is 19.4. The Morgan fingerprint density at radius 2 is 1.88 bits per heavy atom. The van der Waals surface area contributed by atoms with Crippen molar-refractivity contribution < 1.29 is 22.7 Å². The van der Waals surface area contributed by atoms with Gasteiger partial charge in [0.25, 0.3) is 0 Å². The minimum absolute atomic E-state index is 0.0183. The molecule has 0 heterocycles. The molecular weight excluding hydrogens is 321 g/mol. The number of carbonyl (C=O) groups is 1. The summed E-state index contributed by atoms with van der Waals surface area (Å²) in [6.07, 6.45) is -5.37. The van der Waals surface area contributed by atoms with Crippen molar-refractivity contribution in [2.45, 2.75) is 25.7 Å². The van der Waals surface area contributed by atoms with E-state index < -0.39 is 23.9 Å². The number of anilines is 1. The van der Waals surface area contributed by atoms with Gasteiger partial charge in [-0.1, -0.05) is 30.3 Å². The largest absolute Gasteiger partial charge is 0.444 e. The highest BCUT2D eigenvalue weighted by molar-refractivity contribution is 5.84. The smallest absolute Gasteiger partial charge is 0.416 e. The van der Waals surface area contributed by atoms with Gasteiger partial charge in [0, 0.05) is 11.7 Å². The Balaban J connectivity index is 2.10. The minimum Gasteiger partial charge on any atom is -0.444 e. The minimum atomic E-state index is -4.53. The number of hydrogen-bond acceptors (Lipinski definition) is 3. The van der Waals surface area contributed by atoms with E-state index in [1.54, 1.807) is 31.2 Å². The Bertz CT molecular complexity index is 701. The molecule has 0 fully saturated rings. The fraction of sp³-hybridized carbons (Fsp3) is 0.235. The Kier molecular flexibility index (Phi) is 5.46. The number of hydrogen-bond donors (Lipinski definition) is 2. The molecule has 0 spiro atoms. The van der Waals surface area contributed by atoms with Crippen molar-refractivity contribution in [2.75, 3.05) is 5.32 Å². The summed E-state index contributed by atoms with van der Waals surface area (Å²) in [5.41, 5.74) is 5.79. The Labute approximate surface area is 137 Å². The van der Waals surface area contributed by atoms with Crippen LogP contribution in [0.15, 0.2) is 48.5 Å². The van der Waals surface area contributed by atoms with Gasteiger partial charge in [0.2, 0.25) is 0 Å². The average molecular weight is 338 g/mol. The van der Waals surface area contributed by atoms with Gasteiger partial charge in [0.1, 0.15) is 6.61 Å². The second-order valence-corrected chi connectivity index (χ2v) is 5.32. The molecule has 2 aromatic rings. The van der Waals surface area contributed by atoms with Crippen LogP contribution in [0, 0.1) is 0 Å². The predicted molar refractivity (Wildman–Crippen MR) is 84.3 cm³/mol. The van der Waals surface area contributed by atoms with Gasteiger partial charge in [0.15, 0.2) is 0 Å². The zero-order valence-corrected chi connectivity index (χ0v) is 12.9. The third kappa shape index (κ3) is 4.99. The molecule has 0 aliphatic carbocycles. The van der Waals surface area contributed by atoms with E-state index in [4.69, 9.17) is 10.5 Å². The molecule has 128 valence electrons. The van der Waals surface area contributed by atoms with Gasteiger partial charge in [-0.3, -0.25) is 5.32 Å². The zero-order chi connectivity index (χ0) is 17.7. The van der Waals surface area contributed by atoms with E-state index in [1.807, 2.05) is 6.07 Å². The van der Waals surface area contributed by atoms with Crippen molar-refractivity contribution >= 4 is 11.8 Å². The van der Waals surface area contributed by atoms with Gasteiger partial charge in [-0.15, -0.1) is 0 Å². The van der Waals surface area contributed by atoms with Crippen LogP contribution in [-0.4, -0.2) is 6.09 Å². The van der Waals surface area contributed by atoms with E-state index in [2.05, 4.69) is 5.32 Å². The third-order valence-corrected chi connectivity index (χ3v) is 3.27. The second kappa shape index (κ2) is 7.35. The molecule has 7 heteroatoms. The molecule has 4 nitrogen and oxygen atoms in total. The molecule has 0 saturated heterocycles. The summed E-state index contributed by atoms with van der Waals surface area (Å²) in [6.45, 7) is 1.58. The van der Waals surface area contributed by atoms with E-state index in [0.717, 1.165) is 17.7 Å². The first-order valence-corrected chi connectivity index (χ1v) is 7.21. The van der Waals surface area contributed by atoms with Gasteiger partial charge in [-0.05, 0) is 36.2 Å². The first-order valence-electron chi connectivity index (χ1n) is 7.21. The van der Waals surface area contributed by atoms with Crippen LogP contribution in [0.25, 0.3) is 0 Å². The number of halogens is 3. The molecule has 0 aromatic heterocycles. The summed E-state index contributed by atoms with van der Waals surface area (Å²) < 4.78 is 43.8. The SMILES string of the molecule is C[C@@H](N)c1cc(NC(=O)OCc2ccccc2)cc(C(F)(F)F)c1. The van der Waals surface area contributed by atoms with Crippen molar-refractivity contribution in [1.82, 2.24) is 0 Å². The molecule has 2 rings (SSSR count). The summed E-state index contributed by atoms with van der Waals surface area (Å²) in [5, 5.41) is 2.30. The molecule has 1 amide bonds. The van der Waals surface area contributed by atoms with Crippen molar-refractivity contribution in [3.8, 4) is 0 Å². The number of alkyl halides is 3. The molecule has 3 N–H and O–H groups in total. The van der Waals surface area contributed by atoms with E-state index in [1.165, 1.54) is 6.07 Å². The van der Waals surface area contributed by atoms with Crippen LogP contribution < -0.4 is 11.1 Å². The van der Waals surface area contributed by atoms with Gasteiger partial charge in [-0.2, -0.15) is 13.2 Å². The van der Waals surface area contributed by atoms with Crippen LogP contribution in [0.4, 0.5) is 23.7 Å². The first-order chi connectivity index (χ1) is 11.3. The normalized spacial score (nSPS) is 12.5. The molecule has 0 bridgehead atoms. The lowest BCUT2D eigenvalue weighted by Crippen LogP contribution is -2.16. The van der Waals surface area contributed by atoms with E-state index >= 15 is 0 Å². The third-order valence-electron chi connectivity index (χ3n) is 3.27. The maximum atomic E-state index is 12.9. The molecule has 2 aromatic carbocycles. The summed E-state index contributed by atoms with van der Waals surface area (Å²) in [5.74, 6) is 0. The molecule has 0 saturated carbocycles. The van der Waals surface area contributed by atoms with Crippen molar-refractivity contribution in [2.24, 2.45) is 5.73 Å². The van der Waals surface area contributed by atoms with Crippen LogP contribution in [0.5, 0.6) is 0 Å². The zero-order valence-electron chi connectivity index (χ0n) is 12.9. The highest BCUT2D eigenvalue weighted by Crippen LogP contribution is 2.33. The second-order valence-electron chi connectivity index (χ2n) is 5.32. The van der Waals surface area contributed by atoms with Crippen LogP contribution >= 0.6 is 0 Å². The molecular formula is C17H17F3N2O2. The molecule has 0 unspecified atom stereocenters. The van der Waals surface area contributed by atoms with Crippen LogP contribution in [-0.2, 0) is 17.5 Å². The number of benzene rings is 2. The van der Waals surface area contributed by atoms with Gasteiger partial charge >= 0.3 is 12.3 Å². The Morgan fingerprint density at radius 1 is 1.21 bits per heavy atom. The lowest BCUT2D eigenvalue weighted by atomic mass is 10.0. The van der Waals surface area contributed by atoms with Crippen LogP contribution in [0.3, 0.4) is 0 Å². The number of ether oxygens (including phenoxy) is 1. The number of nitrogens with two attached hydrogens (primary N) is 1. The summed E-state index contributed by atoms with van der Waals surface area (Å²) >= 11 is 0. The summed E-state index contributed by atoms with van der Waals surface area (Å²) in [7, 11) is 0. The standard InChI is InChI=1S/C17H17F3N2O2/c1-11(21)13-7-14(17(18,19)20)9-15(8-13)22-16(23)24-10-12-5-3-2-4-6-12/h2-9,11H,10,21H2,1H3,(H,22,23)/t11-/m1/s1. The monoisotopic (exact) mass is 338 g/mol.